The number of fused-ring (bicyclic) bond motifs is 1. The third-order valence-corrected chi connectivity index (χ3v) is 5.14. The van der Waals surface area contributed by atoms with Crippen molar-refractivity contribution < 1.29 is 9.15 Å². The molecular formula is C23H25NO3. The molecule has 4 nitrogen and oxygen atoms in total. The van der Waals surface area contributed by atoms with Crippen LogP contribution in [-0.4, -0.2) is 19.2 Å². The second-order valence-corrected chi connectivity index (χ2v) is 7.14. The van der Waals surface area contributed by atoms with Crippen molar-refractivity contribution in [1.29, 1.82) is 0 Å². The standard InChI is InChI=1S/C23H25NO3/c25-21-16-22(17-7-2-1-3-8-17)27-23-15-19(11-12-20(21)23)26-14-6-13-24-18-9-4-5-10-18/h1-3,7-8,11-12,15-16,18,24H,4-6,9-10,13-14H2. The van der Waals surface area contributed by atoms with Gasteiger partial charge in [-0.2, -0.15) is 0 Å². The third kappa shape index (κ3) is 4.40. The molecule has 0 radical (unpaired) electrons. The number of ether oxygens (including phenoxy) is 1. The van der Waals surface area contributed by atoms with Crippen LogP contribution in [0.25, 0.3) is 22.3 Å². The lowest BCUT2D eigenvalue weighted by atomic mass is 10.1. The van der Waals surface area contributed by atoms with Gasteiger partial charge in [-0.25, -0.2) is 0 Å². The summed E-state index contributed by atoms with van der Waals surface area (Å²) in [7, 11) is 0. The van der Waals surface area contributed by atoms with E-state index in [4.69, 9.17) is 9.15 Å². The molecular weight excluding hydrogens is 338 g/mol. The number of hydrogen-bond acceptors (Lipinski definition) is 4. The first kappa shape index (κ1) is 17.8. The maximum absolute atomic E-state index is 12.4. The molecule has 0 saturated heterocycles. The molecule has 2 aromatic carbocycles. The molecule has 4 heteroatoms. The molecule has 0 spiro atoms. The Morgan fingerprint density at radius 1 is 1.04 bits per heavy atom. The van der Waals surface area contributed by atoms with E-state index in [-0.39, 0.29) is 5.43 Å². The van der Waals surface area contributed by atoms with Gasteiger partial charge in [-0.1, -0.05) is 43.2 Å². The summed E-state index contributed by atoms with van der Waals surface area (Å²) in [6.07, 6.45) is 6.26. The van der Waals surface area contributed by atoms with Gasteiger partial charge in [0, 0.05) is 23.7 Å². The molecule has 1 saturated carbocycles. The van der Waals surface area contributed by atoms with Crippen LogP contribution in [-0.2, 0) is 0 Å². The van der Waals surface area contributed by atoms with Gasteiger partial charge in [0.1, 0.15) is 17.1 Å². The molecule has 0 aliphatic heterocycles. The van der Waals surface area contributed by atoms with Crippen LogP contribution in [0.5, 0.6) is 5.75 Å². The molecule has 1 aliphatic rings. The molecule has 140 valence electrons. The van der Waals surface area contributed by atoms with E-state index >= 15 is 0 Å². The summed E-state index contributed by atoms with van der Waals surface area (Å²) in [5.74, 6) is 1.31. The number of rotatable bonds is 7. The van der Waals surface area contributed by atoms with Gasteiger partial charge in [-0.05, 0) is 37.9 Å². The van der Waals surface area contributed by atoms with Crippen molar-refractivity contribution in [2.75, 3.05) is 13.2 Å². The fourth-order valence-electron chi connectivity index (χ4n) is 3.67. The molecule has 27 heavy (non-hydrogen) atoms. The average Bonchev–Trinajstić information content (AvgIpc) is 3.21. The minimum absolute atomic E-state index is 0.0394. The van der Waals surface area contributed by atoms with Crippen LogP contribution in [0.4, 0.5) is 0 Å². The minimum atomic E-state index is -0.0394. The van der Waals surface area contributed by atoms with E-state index in [0.29, 0.717) is 29.4 Å². The Bertz CT molecular complexity index is 943. The summed E-state index contributed by atoms with van der Waals surface area (Å²) < 4.78 is 11.8. The smallest absolute Gasteiger partial charge is 0.193 e. The van der Waals surface area contributed by atoms with Crippen molar-refractivity contribution in [1.82, 2.24) is 5.32 Å². The highest BCUT2D eigenvalue weighted by Crippen LogP contribution is 2.25. The first-order valence-electron chi connectivity index (χ1n) is 9.79. The Balaban J connectivity index is 1.42. The largest absolute Gasteiger partial charge is 0.493 e. The highest BCUT2D eigenvalue weighted by atomic mass is 16.5. The first-order chi connectivity index (χ1) is 13.3. The Hall–Kier alpha value is -2.59. The zero-order valence-corrected chi connectivity index (χ0v) is 15.4. The fourth-order valence-corrected chi connectivity index (χ4v) is 3.67. The maximum Gasteiger partial charge on any atom is 0.193 e. The van der Waals surface area contributed by atoms with E-state index < -0.39 is 0 Å². The van der Waals surface area contributed by atoms with Gasteiger partial charge in [-0.15, -0.1) is 0 Å². The molecule has 1 N–H and O–H groups in total. The summed E-state index contributed by atoms with van der Waals surface area (Å²) in [5.41, 5.74) is 1.41. The fraction of sp³-hybridized carbons (Fsp3) is 0.348. The van der Waals surface area contributed by atoms with Gasteiger partial charge in [-0.3, -0.25) is 4.79 Å². The van der Waals surface area contributed by atoms with E-state index in [2.05, 4.69) is 5.32 Å². The van der Waals surface area contributed by atoms with Crippen LogP contribution < -0.4 is 15.5 Å². The van der Waals surface area contributed by atoms with Crippen LogP contribution >= 0.6 is 0 Å². The van der Waals surface area contributed by atoms with E-state index in [1.165, 1.54) is 25.7 Å². The Kier molecular flexibility index (Phi) is 5.54. The third-order valence-electron chi connectivity index (χ3n) is 5.14. The van der Waals surface area contributed by atoms with Crippen LogP contribution in [0.3, 0.4) is 0 Å². The number of hydrogen-bond donors (Lipinski definition) is 1. The summed E-state index contributed by atoms with van der Waals surface area (Å²) in [6.45, 7) is 1.62. The lowest BCUT2D eigenvalue weighted by Gasteiger charge is -2.12. The quantitative estimate of drug-likeness (QED) is 0.615. The highest BCUT2D eigenvalue weighted by molar-refractivity contribution is 5.80. The molecule has 1 aliphatic carbocycles. The second kappa shape index (κ2) is 8.40. The van der Waals surface area contributed by atoms with Gasteiger partial charge < -0.3 is 14.5 Å². The Morgan fingerprint density at radius 3 is 2.67 bits per heavy atom. The monoisotopic (exact) mass is 363 g/mol. The average molecular weight is 363 g/mol. The molecule has 0 amide bonds. The van der Waals surface area contributed by atoms with Crippen molar-refractivity contribution in [3.05, 3.63) is 64.8 Å². The van der Waals surface area contributed by atoms with Crippen molar-refractivity contribution in [3.8, 4) is 17.1 Å². The van der Waals surface area contributed by atoms with Crippen LogP contribution in [0, 0.1) is 0 Å². The molecule has 0 atom stereocenters. The molecule has 4 rings (SSSR count). The van der Waals surface area contributed by atoms with Gasteiger partial charge >= 0.3 is 0 Å². The molecule has 3 aromatic rings. The second-order valence-electron chi connectivity index (χ2n) is 7.14. The first-order valence-corrected chi connectivity index (χ1v) is 9.79. The van der Waals surface area contributed by atoms with Crippen LogP contribution in [0.15, 0.2) is 63.8 Å². The summed E-state index contributed by atoms with van der Waals surface area (Å²) in [4.78, 5) is 12.4. The molecule has 1 aromatic heterocycles. The zero-order valence-electron chi connectivity index (χ0n) is 15.4. The van der Waals surface area contributed by atoms with Gasteiger partial charge in [0.2, 0.25) is 0 Å². The normalized spacial score (nSPS) is 14.7. The van der Waals surface area contributed by atoms with Crippen molar-refractivity contribution in [2.45, 2.75) is 38.1 Å². The van der Waals surface area contributed by atoms with E-state index in [9.17, 15) is 4.79 Å². The van der Waals surface area contributed by atoms with Gasteiger partial charge in [0.05, 0.1) is 12.0 Å². The van der Waals surface area contributed by atoms with E-state index in [1.807, 2.05) is 42.5 Å². The molecule has 1 fully saturated rings. The SMILES string of the molecule is O=c1cc(-c2ccccc2)oc2cc(OCCCNC3CCCC3)ccc12. The van der Waals surface area contributed by atoms with E-state index in [1.54, 1.807) is 12.1 Å². The van der Waals surface area contributed by atoms with Crippen molar-refractivity contribution in [3.63, 3.8) is 0 Å². The van der Waals surface area contributed by atoms with Gasteiger partial charge in [0.15, 0.2) is 5.43 Å². The summed E-state index contributed by atoms with van der Waals surface area (Å²) in [6, 6.07) is 17.3. The maximum atomic E-state index is 12.4. The minimum Gasteiger partial charge on any atom is -0.493 e. The topological polar surface area (TPSA) is 51.5 Å². The van der Waals surface area contributed by atoms with E-state index in [0.717, 1.165) is 24.3 Å². The van der Waals surface area contributed by atoms with Crippen LogP contribution in [0.2, 0.25) is 0 Å². The molecule has 1 heterocycles. The van der Waals surface area contributed by atoms with Gasteiger partial charge in [0.25, 0.3) is 0 Å². The van der Waals surface area contributed by atoms with Crippen molar-refractivity contribution in [2.24, 2.45) is 0 Å². The van der Waals surface area contributed by atoms with Crippen molar-refractivity contribution >= 4 is 11.0 Å². The summed E-state index contributed by atoms with van der Waals surface area (Å²) >= 11 is 0. The summed E-state index contributed by atoms with van der Waals surface area (Å²) in [5, 5.41) is 4.16. The predicted octanol–water partition coefficient (Wildman–Crippen LogP) is 4.76. The Morgan fingerprint density at radius 2 is 1.85 bits per heavy atom. The number of nitrogens with one attached hydrogen (secondary N) is 1. The number of benzene rings is 2. The Labute approximate surface area is 159 Å². The molecule has 0 bridgehead atoms. The lowest BCUT2D eigenvalue weighted by Crippen LogP contribution is -2.27. The zero-order chi connectivity index (χ0) is 18.5. The molecule has 0 unspecified atom stereocenters. The lowest BCUT2D eigenvalue weighted by molar-refractivity contribution is 0.304. The van der Waals surface area contributed by atoms with Crippen LogP contribution in [0.1, 0.15) is 32.1 Å². The highest BCUT2D eigenvalue weighted by Gasteiger charge is 2.13. The predicted molar refractivity (Wildman–Crippen MR) is 108 cm³/mol.